The number of imide groups is 1. The van der Waals surface area contributed by atoms with Crippen LogP contribution in [0, 0.1) is 5.92 Å². The minimum atomic E-state index is -0.497. The van der Waals surface area contributed by atoms with Gasteiger partial charge < -0.3 is 9.64 Å². The van der Waals surface area contributed by atoms with Gasteiger partial charge in [-0.3, -0.25) is 14.9 Å². The number of rotatable bonds is 10. The van der Waals surface area contributed by atoms with Crippen LogP contribution in [0.2, 0.25) is 0 Å². The van der Waals surface area contributed by atoms with Crippen LogP contribution < -0.4 is 5.32 Å². The number of aryl methyl sites for hydroxylation is 2. The standard InChI is InChI=1S/C31H42N2O4/c1-31(2,3)37-30(36)33-21-19-26(20-22-33)17-18-28(34)32-29(35)23-27-15-13-25(14-16-27)12-8-7-11-24-9-5-4-6-10-24/h4-6,9-10,13-16,26H,7-8,11-12,17-23H2,1-3H3,(H,32,34,35). The van der Waals surface area contributed by atoms with E-state index in [1.807, 2.05) is 39.0 Å². The van der Waals surface area contributed by atoms with Crippen molar-refractivity contribution in [2.24, 2.45) is 5.92 Å². The average molecular weight is 507 g/mol. The van der Waals surface area contributed by atoms with Crippen LogP contribution in [0.4, 0.5) is 4.79 Å². The summed E-state index contributed by atoms with van der Waals surface area (Å²) in [6, 6.07) is 18.7. The number of benzene rings is 2. The van der Waals surface area contributed by atoms with Gasteiger partial charge in [0.15, 0.2) is 0 Å². The van der Waals surface area contributed by atoms with Gasteiger partial charge in [0, 0.05) is 19.5 Å². The Kier molecular flexibility index (Phi) is 10.7. The zero-order chi connectivity index (χ0) is 26.7. The van der Waals surface area contributed by atoms with Gasteiger partial charge in [0.05, 0.1) is 6.42 Å². The van der Waals surface area contributed by atoms with E-state index in [9.17, 15) is 14.4 Å². The number of carbonyl (C=O) groups is 3. The zero-order valence-corrected chi connectivity index (χ0v) is 22.6. The van der Waals surface area contributed by atoms with Gasteiger partial charge in [-0.1, -0.05) is 54.6 Å². The van der Waals surface area contributed by atoms with Crippen molar-refractivity contribution in [1.29, 1.82) is 0 Å². The number of nitrogens with zero attached hydrogens (tertiary/aromatic N) is 1. The first-order chi connectivity index (χ1) is 17.7. The molecule has 3 rings (SSSR count). The number of hydrogen-bond acceptors (Lipinski definition) is 4. The van der Waals surface area contributed by atoms with Gasteiger partial charge in [-0.2, -0.15) is 0 Å². The molecule has 1 N–H and O–H groups in total. The average Bonchev–Trinajstić information content (AvgIpc) is 2.86. The molecule has 2 aromatic rings. The number of carbonyl (C=O) groups excluding carboxylic acids is 3. The van der Waals surface area contributed by atoms with Crippen LogP contribution >= 0.6 is 0 Å². The molecule has 6 heteroatoms. The van der Waals surface area contributed by atoms with Gasteiger partial charge in [-0.15, -0.1) is 0 Å². The predicted molar refractivity (Wildman–Crippen MR) is 146 cm³/mol. The zero-order valence-electron chi connectivity index (χ0n) is 22.6. The van der Waals surface area contributed by atoms with E-state index in [-0.39, 0.29) is 24.3 Å². The van der Waals surface area contributed by atoms with Crippen molar-refractivity contribution < 1.29 is 19.1 Å². The summed E-state index contributed by atoms with van der Waals surface area (Å²) in [5, 5.41) is 2.53. The van der Waals surface area contributed by atoms with Crippen molar-refractivity contribution in [2.75, 3.05) is 13.1 Å². The third kappa shape index (κ3) is 10.8. The SMILES string of the molecule is CC(C)(C)OC(=O)N1CCC(CCC(=O)NC(=O)Cc2ccc(CCCCc3ccccc3)cc2)CC1. The van der Waals surface area contributed by atoms with Gasteiger partial charge in [-0.05, 0) is 88.3 Å². The second kappa shape index (κ2) is 14.0. The Labute approximate surface area is 221 Å². The summed E-state index contributed by atoms with van der Waals surface area (Å²) < 4.78 is 5.43. The number of piperidine rings is 1. The van der Waals surface area contributed by atoms with Crippen LogP contribution in [-0.4, -0.2) is 41.5 Å². The number of likely N-dealkylation sites (tertiary alicyclic amines) is 1. The second-order valence-corrected chi connectivity index (χ2v) is 11.1. The molecule has 0 aliphatic carbocycles. The summed E-state index contributed by atoms with van der Waals surface area (Å²) in [7, 11) is 0. The highest BCUT2D eigenvalue weighted by atomic mass is 16.6. The summed E-state index contributed by atoms with van der Waals surface area (Å²) in [6.07, 6.45) is 7.07. The fourth-order valence-electron chi connectivity index (χ4n) is 4.64. The number of unbranched alkanes of at least 4 members (excludes halogenated alkanes) is 1. The summed E-state index contributed by atoms with van der Waals surface area (Å²) >= 11 is 0. The van der Waals surface area contributed by atoms with Crippen LogP contribution in [0.5, 0.6) is 0 Å². The number of amides is 3. The molecule has 3 amide bonds. The molecule has 6 nitrogen and oxygen atoms in total. The smallest absolute Gasteiger partial charge is 0.410 e. The molecule has 2 aromatic carbocycles. The lowest BCUT2D eigenvalue weighted by Crippen LogP contribution is -2.42. The third-order valence-electron chi connectivity index (χ3n) is 6.74. The Bertz CT molecular complexity index is 1000. The first kappa shape index (κ1) is 28.4. The fraction of sp³-hybridized carbons (Fsp3) is 0.516. The summed E-state index contributed by atoms with van der Waals surface area (Å²) in [5.74, 6) is -0.116. The number of nitrogens with one attached hydrogen (secondary N) is 1. The van der Waals surface area contributed by atoms with Crippen LogP contribution in [0.15, 0.2) is 54.6 Å². The van der Waals surface area contributed by atoms with Gasteiger partial charge >= 0.3 is 6.09 Å². The summed E-state index contributed by atoms with van der Waals surface area (Å²) in [5.41, 5.74) is 3.06. The first-order valence-corrected chi connectivity index (χ1v) is 13.6. The van der Waals surface area contributed by atoms with E-state index in [2.05, 4.69) is 41.7 Å². The van der Waals surface area contributed by atoms with Crippen molar-refractivity contribution in [3.05, 3.63) is 71.3 Å². The van der Waals surface area contributed by atoms with Crippen LogP contribution in [0.3, 0.4) is 0 Å². The van der Waals surface area contributed by atoms with Gasteiger partial charge in [-0.25, -0.2) is 4.79 Å². The van der Waals surface area contributed by atoms with Crippen molar-refractivity contribution in [3.63, 3.8) is 0 Å². The van der Waals surface area contributed by atoms with Crippen molar-refractivity contribution >= 4 is 17.9 Å². The van der Waals surface area contributed by atoms with Crippen LogP contribution in [0.1, 0.15) is 76.0 Å². The van der Waals surface area contributed by atoms with Crippen molar-refractivity contribution in [3.8, 4) is 0 Å². The largest absolute Gasteiger partial charge is 0.444 e. The topological polar surface area (TPSA) is 75.7 Å². The van der Waals surface area contributed by atoms with E-state index in [4.69, 9.17) is 4.74 Å². The van der Waals surface area contributed by atoms with Gasteiger partial charge in [0.25, 0.3) is 0 Å². The van der Waals surface area contributed by atoms with E-state index < -0.39 is 5.60 Å². The Morgan fingerprint density at radius 2 is 1.41 bits per heavy atom. The lowest BCUT2D eigenvalue weighted by atomic mass is 9.92. The minimum absolute atomic E-state index is 0.203. The Balaban J connectivity index is 1.29. The maximum Gasteiger partial charge on any atom is 0.410 e. The fourth-order valence-corrected chi connectivity index (χ4v) is 4.64. The van der Waals surface area contributed by atoms with E-state index in [1.54, 1.807) is 4.90 Å². The molecule has 0 radical (unpaired) electrons. The Morgan fingerprint density at radius 3 is 2.00 bits per heavy atom. The minimum Gasteiger partial charge on any atom is -0.444 e. The number of hydrogen-bond donors (Lipinski definition) is 1. The molecule has 0 atom stereocenters. The predicted octanol–water partition coefficient (Wildman–Crippen LogP) is 5.86. The van der Waals surface area contributed by atoms with Crippen molar-refractivity contribution in [2.45, 2.75) is 84.2 Å². The van der Waals surface area contributed by atoms with E-state index >= 15 is 0 Å². The highest BCUT2D eigenvalue weighted by molar-refractivity contribution is 5.96. The van der Waals surface area contributed by atoms with E-state index in [0.717, 1.165) is 50.5 Å². The van der Waals surface area contributed by atoms with E-state index in [1.165, 1.54) is 11.1 Å². The molecule has 37 heavy (non-hydrogen) atoms. The third-order valence-corrected chi connectivity index (χ3v) is 6.74. The Morgan fingerprint density at radius 1 is 0.838 bits per heavy atom. The van der Waals surface area contributed by atoms with Crippen LogP contribution in [-0.2, 0) is 33.6 Å². The molecule has 1 saturated heterocycles. The van der Waals surface area contributed by atoms with Crippen LogP contribution in [0.25, 0.3) is 0 Å². The highest BCUT2D eigenvalue weighted by Crippen LogP contribution is 2.23. The lowest BCUT2D eigenvalue weighted by Gasteiger charge is -2.33. The van der Waals surface area contributed by atoms with Crippen molar-refractivity contribution in [1.82, 2.24) is 10.2 Å². The highest BCUT2D eigenvalue weighted by Gasteiger charge is 2.27. The monoisotopic (exact) mass is 506 g/mol. The normalized spacial score (nSPS) is 14.3. The molecule has 1 fully saturated rings. The Hall–Kier alpha value is -3.15. The maximum atomic E-state index is 12.3. The molecule has 0 saturated carbocycles. The summed E-state index contributed by atoms with van der Waals surface area (Å²) in [6.45, 7) is 6.87. The second-order valence-electron chi connectivity index (χ2n) is 11.1. The molecule has 0 unspecified atom stereocenters. The van der Waals surface area contributed by atoms with Gasteiger partial charge in [0.1, 0.15) is 5.60 Å². The first-order valence-electron chi connectivity index (χ1n) is 13.6. The van der Waals surface area contributed by atoms with Gasteiger partial charge in [0.2, 0.25) is 11.8 Å². The molecular weight excluding hydrogens is 464 g/mol. The lowest BCUT2D eigenvalue weighted by molar-refractivity contribution is -0.130. The molecule has 0 spiro atoms. The summed E-state index contributed by atoms with van der Waals surface area (Å²) in [4.78, 5) is 38.6. The molecule has 0 aromatic heterocycles. The van der Waals surface area contributed by atoms with E-state index in [0.29, 0.717) is 25.4 Å². The molecule has 0 bridgehead atoms. The molecule has 200 valence electrons. The molecular formula is C31H42N2O4. The molecule has 1 aliphatic heterocycles. The number of ether oxygens (including phenoxy) is 1. The molecule has 1 aliphatic rings. The molecule has 1 heterocycles. The quantitative estimate of drug-likeness (QED) is 0.409. The maximum absolute atomic E-state index is 12.3.